The molecule has 190 valence electrons. The molecule has 0 radical (unpaired) electrons. The van der Waals surface area contributed by atoms with Crippen molar-refractivity contribution in [3.63, 3.8) is 0 Å². The van der Waals surface area contributed by atoms with Crippen molar-refractivity contribution in [2.75, 3.05) is 24.6 Å². The fourth-order valence-corrected chi connectivity index (χ4v) is 4.45. The molecule has 1 aliphatic heterocycles. The molecular weight excluding hydrogens is 470 g/mol. The van der Waals surface area contributed by atoms with Gasteiger partial charge < -0.3 is 14.4 Å². The highest BCUT2D eigenvalue weighted by atomic mass is 16.5. The number of esters is 1. The van der Waals surface area contributed by atoms with Crippen molar-refractivity contribution in [3.05, 3.63) is 95.4 Å². The smallest absolute Gasteiger partial charge is 0.341 e. The van der Waals surface area contributed by atoms with Gasteiger partial charge in [-0.1, -0.05) is 18.2 Å². The molecule has 0 atom stereocenters. The third kappa shape index (κ3) is 5.72. The van der Waals surface area contributed by atoms with E-state index in [1.165, 1.54) is 12.4 Å². The Morgan fingerprint density at radius 1 is 0.946 bits per heavy atom. The van der Waals surface area contributed by atoms with Crippen LogP contribution in [0.3, 0.4) is 0 Å². The maximum Gasteiger partial charge on any atom is 0.341 e. The van der Waals surface area contributed by atoms with E-state index in [-0.39, 0.29) is 5.69 Å². The Kier molecular flexibility index (Phi) is 7.30. The summed E-state index contributed by atoms with van der Waals surface area (Å²) in [6.45, 7) is 4.33. The van der Waals surface area contributed by atoms with E-state index < -0.39 is 5.97 Å². The Morgan fingerprint density at radius 3 is 2.30 bits per heavy atom. The molecule has 0 aliphatic carbocycles. The van der Waals surface area contributed by atoms with Gasteiger partial charge in [0, 0.05) is 44.4 Å². The van der Waals surface area contributed by atoms with E-state index in [1.807, 2.05) is 67.0 Å². The van der Waals surface area contributed by atoms with Crippen LogP contribution in [0.15, 0.2) is 84.2 Å². The summed E-state index contributed by atoms with van der Waals surface area (Å²) in [6, 6.07) is 17.1. The highest BCUT2D eigenvalue weighted by Gasteiger charge is 2.22. The molecular formula is C28H29N5O4. The number of nitrogens with zero attached hydrogens (tertiary/aromatic N) is 5. The number of para-hydroxylation sites is 1. The van der Waals surface area contributed by atoms with Gasteiger partial charge in [-0.25, -0.2) is 19.6 Å². The Bertz CT molecular complexity index is 1370. The number of aromatic nitrogens is 4. The van der Waals surface area contributed by atoms with Crippen molar-refractivity contribution >= 4 is 11.9 Å². The molecule has 1 saturated heterocycles. The van der Waals surface area contributed by atoms with Gasteiger partial charge in [0.05, 0.1) is 17.9 Å². The standard InChI is InChI=1S/C28H29N5O4/c1-2-36-26(34)22-18-29-27(30-19-22)31-14-12-21(13-15-31)20-32-16-17-33(28(32)35)23-8-10-25(11-9-23)37-24-6-4-3-5-7-24/h3-11,16-19,21H,2,12-15,20H2,1H3. The predicted molar refractivity (Wildman–Crippen MR) is 139 cm³/mol. The molecule has 0 bridgehead atoms. The lowest BCUT2D eigenvalue weighted by Gasteiger charge is -2.31. The summed E-state index contributed by atoms with van der Waals surface area (Å²) in [5, 5.41) is 0. The number of piperidine rings is 1. The molecule has 5 rings (SSSR count). The van der Waals surface area contributed by atoms with Crippen LogP contribution >= 0.6 is 0 Å². The summed E-state index contributed by atoms with van der Waals surface area (Å²) in [6.07, 6.45) is 8.52. The van der Waals surface area contributed by atoms with Crippen LogP contribution in [0.5, 0.6) is 11.5 Å². The topological polar surface area (TPSA) is 91.5 Å². The third-order valence-corrected chi connectivity index (χ3v) is 6.44. The Labute approximate surface area is 214 Å². The second-order valence-corrected chi connectivity index (χ2v) is 8.93. The minimum absolute atomic E-state index is 0.0583. The van der Waals surface area contributed by atoms with Gasteiger partial charge in [-0.15, -0.1) is 0 Å². The fraction of sp³-hybridized carbons (Fsp3) is 0.286. The number of anilines is 1. The summed E-state index contributed by atoms with van der Waals surface area (Å²) in [4.78, 5) is 35.7. The number of carbonyl (C=O) groups is 1. The molecule has 9 heteroatoms. The molecule has 37 heavy (non-hydrogen) atoms. The van der Waals surface area contributed by atoms with Crippen LogP contribution in [0.25, 0.3) is 5.69 Å². The quantitative estimate of drug-likeness (QED) is 0.334. The predicted octanol–water partition coefficient (Wildman–Crippen LogP) is 4.31. The maximum absolute atomic E-state index is 13.1. The van der Waals surface area contributed by atoms with Crippen LogP contribution in [0.4, 0.5) is 5.95 Å². The fourth-order valence-electron chi connectivity index (χ4n) is 4.45. The molecule has 0 saturated carbocycles. The number of hydrogen-bond acceptors (Lipinski definition) is 7. The van der Waals surface area contributed by atoms with Crippen LogP contribution < -0.4 is 15.3 Å². The van der Waals surface area contributed by atoms with Crippen molar-refractivity contribution in [2.45, 2.75) is 26.3 Å². The molecule has 2 aromatic carbocycles. The van der Waals surface area contributed by atoms with Gasteiger partial charge in [0.2, 0.25) is 5.95 Å². The molecule has 1 aliphatic rings. The molecule has 0 amide bonds. The van der Waals surface area contributed by atoms with Crippen molar-refractivity contribution in [2.24, 2.45) is 5.92 Å². The monoisotopic (exact) mass is 499 g/mol. The Hall–Kier alpha value is -4.40. The Morgan fingerprint density at radius 2 is 1.62 bits per heavy atom. The second kappa shape index (κ2) is 11.1. The minimum Gasteiger partial charge on any atom is -0.462 e. The summed E-state index contributed by atoms with van der Waals surface area (Å²) in [7, 11) is 0. The van der Waals surface area contributed by atoms with Crippen LogP contribution in [-0.4, -0.2) is 44.8 Å². The van der Waals surface area contributed by atoms with Gasteiger partial charge in [-0.05, 0) is 62.1 Å². The van der Waals surface area contributed by atoms with Crippen molar-refractivity contribution in [1.82, 2.24) is 19.1 Å². The minimum atomic E-state index is -0.415. The lowest BCUT2D eigenvalue weighted by Crippen LogP contribution is -2.37. The lowest BCUT2D eigenvalue weighted by atomic mass is 9.97. The number of benzene rings is 2. The first-order chi connectivity index (χ1) is 18.1. The third-order valence-electron chi connectivity index (χ3n) is 6.44. The van der Waals surface area contributed by atoms with Crippen LogP contribution in [-0.2, 0) is 11.3 Å². The first-order valence-corrected chi connectivity index (χ1v) is 12.5. The first kappa shape index (κ1) is 24.3. The number of imidazole rings is 1. The molecule has 0 N–H and O–H groups in total. The van der Waals surface area contributed by atoms with E-state index in [0.29, 0.717) is 36.3 Å². The molecule has 0 spiro atoms. The Balaban J connectivity index is 1.17. The second-order valence-electron chi connectivity index (χ2n) is 8.93. The number of rotatable bonds is 8. The zero-order chi connectivity index (χ0) is 25.6. The van der Waals surface area contributed by atoms with Crippen molar-refractivity contribution in [1.29, 1.82) is 0 Å². The molecule has 2 aromatic heterocycles. The van der Waals surface area contributed by atoms with Gasteiger partial charge in [0.25, 0.3) is 0 Å². The number of ether oxygens (including phenoxy) is 2. The van der Waals surface area contributed by atoms with Gasteiger partial charge >= 0.3 is 11.7 Å². The highest BCUT2D eigenvalue weighted by Crippen LogP contribution is 2.23. The van der Waals surface area contributed by atoms with E-state index in [0.717, 1.165) is 37.4 Å². The zero-order valence-corrected chi connectivity index (χ0v) is 20.7. The van der Waals surface area contributed by atoms with Gasteiger partial charge in [0.1, 0.15) is 11.5 Å². The number of hydrogen-bond donors (Lipinski definition) is 0. The summed E-state index contributed by atoms with van der Waals surface area (Å²) >= 11 is 0. The molecule has 9 nitrogen and oxygen atoms in total. The van der Waals surface area contributed by atoms with Gasteiger partial charge in [-0.2, -0.15) is 0 Å². The van der Waals surface area contributed by atoms with E-state index in [2.05, 4.69) is 14.9 Å². The van der Waals surface area contributed by atoms with E-state index in [1.54, 1.807) is 16.1 Å². The largest absolute Gasteiger partial charge is 0.462 e. The van der Waals surface area contributed by atoms with Crippen molar-refractivity contribution in [3.8, 4) is 17.2 Å². The highest BCUT2D eigenvalue weighted by molar-refractivity contribution is 5.88. The summed E-state index contributed by atoms with van der Waals surface area (Å²) in [5.74, 6) is 2.06. The summed E-state index contributed by atoms with van der Waals surface area (Å²) < 4.78 is 14.3. The van der Waals surface area contributed by atoms with E-state index in [4.69, 9.17) is 9.47 Å². The molecule has 1 fully saturated rings. The molecule has 3 heterocycles. The first-order valence-electron chi connectivity index (χ1n) is 12.5. The van der Waals surface area contributed by atoms with Gasteiger partial charge in [-0.3, -0.25) is 9.13 Å². The normalized spacial score (nSPS) is 13.9. The lowest BCUT2D eigenvalue weighted by molar-refractivity contribution is 0.0525. The average molecular weight is 500 g/mol. The molecule has 0 unspecified atom stereocenters. The van der Waals surface area contributed by atoms with Crippen LogP contribution in [0.2, 0.25) is 0 Å². The zero-order valence-electron chi connectivity index (χ0n) is 20.7. The van der Waals surface area contributed by atoms with E-state index >= 15 is 0 Å². The van der Waals surface area contributed by atoms with Crippen molar-refractivity contribution < 1.29 is 14.3 Å². The van der Waals surface area contributed by atoms with E-state index in [9.17, 15) is 9.59 Å². The molecule has 4 aromatic rings. The van der Waals surface area contributed by atoms with Gasteiger partial charge in [0.15, 0.2) is 0 Å². The summed E-state index contributed by atoms with van der Waals surface area (Å²) in [5.41, 5.74) is 1.09. The number of carbonyl (C=O) groups excluding carboxylic acids is 1. The SMILES string of the molecule is CCOC(=O)c1cnc(N2CCC(Cn3ccn(-c4ccc(Oc5ccccc5)cc4)c3=O)CC2)nc1. The maximum atomic E-state index is 13.1. The average Bonchev–Trinajstić information content (AvgIpc) is 3.30. The van der Waals surface area contributed by atoms with Crippen LogP contribution in [0.1, 0.15) is 30.1 Å². The van der Waals surface area contributed by atoms with Crippen LogP contribution in [0, 0.1) is 5.92 Å².